The van der Waals surface area contributed by atoms with Crippen LogP contribution in [0.25, 0.3) is 0 Å². The van der Waals surface area contributed by atoms with Gasteiger partial charge in [-0.2, -0.15) is 18.2 Å². The Balaban J connectivity index is 1.90. The number of aryl methyl sites for hydroxylation is 1. The Morgan fingerprint density at radius 1 is 0.926 bits per heavy atom. The molecule has 3 aromatic rings. The summed E-state index contributed by atoms with van der Waals surface area (Å²) in [5.41, 5.74) is 1.41. The third-order valence-electron chi connectivity index (χ3n) is 3.82. The topological polar surface area (TPSA) is 49.8 Å². The SMILES string of the molecule is CCc1ccc(Nc2ncc(C(F)(F)F)c(Nc3ccc(Br)cc3)n2)cc1. The monoisotopic (exact) mass is 436 g/mol. The van der Waals surface area contributed by atoms with Crippen molar-refractivity contribution in [3.63, 3.8) is 0 Å². The van der Waals surface area contributed by atoms with Gasteiger partial charge in [0, 0.05) is 22.0 Å². The molecule has 0 aliphatic heterocycles. The van der Waals surface area contributed by atoms with Crippen LogP contribution in [0.5, 0.6) is 0 Å². The summed E-state index contributed by atoms with van der Waals surface area (Å²) in [5.74, 6) is -0.237. The highest BCUT2D eigenvalue weighted by atomic mass is 79.9. The molecular formula is C19H16BrF3N4. The summed E-state index contributed by atoms with van der Waals surface area (Å²) in [6.07, 6.45) is -2.89. The number of hydrogen-bond acceptors (Lipinski definition) is 4. The fourth-order valence-electron chi connectivity index (χ4n) is 2.37. The van der Waals surface area contributed by atoms with Gasteiger partial charge in [-0.3, -0.25) is 0 Å². The molecule has 3 rings (SSSR count). The molecule has 1 aromatic heterocycles. The highest BCUT2D eigenvalue weighted by Crippen LogP contribution is 2.35. The first-order valence-corrected chi connectivity index (χ1v) is 8.97. The van der Waals surface area contributed by atoms with Crippen LogP contribution in [0.1, 0.15) is 18.1 Å². The number of anilines is 4. The first-order valence-electron chi connectivity index (χ1n) is 8.18. The molecule has 0 saturated heterocycles. The second-order valence-electron chi connectivity index (χ2n) is 5.76. The van der Waals surface area contributed by atoms with E-state index < -0.39 is 11.7 Å². The van der Waals surface area contributed by atoms with E-state index in [-0.39, 0.29) is 11.8 Å². The van der Waals surface area contributed by atoms with Crippen LogP contribution >= 0.6 is 15.9 Å². The van der Waals surface area contributed by atoms with Crippen LogP contribution in [0.4, 0.5) is 36.3 Å². The molecule has 0 bridgehead atoms. The van der Waals surface area contributed by atoms with Crippen LogP contribution in [-0.2, 0) is 12.6 Å². The first kappa shape index (κ1) is 19.2. The van der Waals surface area contributed by atoms with Gasteiger partial charge < -0.3 is 10.6 Å². The molecule has 0 amide bonds. The van der Waals surface area contributed by atoms with Gasteiger partial charge in [0.1, 0.15) is 11.4 Å². The van der Waals surface area contributed by atoms with Crippen LogP contribution in [0, 0.1) is 0 Å². The van der Waals surface area contributed by atoms with E-state index in [0.29, 0.717) is 11.4 Å². The second-order valence-corrected chi connectivity index (χ2v) is 6.68. The van der Waals surface area contributed by atoms with Crippen molar-refractivity contribution in [3.05, 3.63) is 70.3 Å². The van der Waals surface area contributed by atoms with Gasteiger partial charge in [0.05, 0.1) is 0 Å². The predicted molar refractivity (Wildman–Crippen MR) is 104 cm³/mol. The minimum absolute atomic E-state index is 0.0758. The smallest absolute Gasteiger partial charge is 0.340 e. The number of nitrogens with one attached hydrogen (secondary N) is 2. The Kier molecular flexibility index (Phi) is 5.65. The molecule has 0 aliphatic carbocycles. The maximum atomic E-state index is 13.3. The van der Waals surface area contributed by atoms with Gasteiger partial charge >= 0.3 is 6.18 Å². The lowest BCUT2D eigenvalue weighted by molar-refractivity contribution is -0.137. The van der Waals surface area contributed by atoms with Crippen LogP contribution in [-0.4, -0.2) is 9.97 Å². The lowest BCUT2D eigenvalue weighted by atomic mass is 10.1. The lowest BCUT2D eigenvalue weighted by Gasteiger charge is -2.15. The number of halogens is 4. The van der Waals surface area contributed by atoms with Gasteiger partial charge in [-0.05, 0) is 48.4 Å². The fraction of sp³-hybridized carbons (Fsp3) is 0.158. The summed E-state index contributed by atoms with van der Waals surface area (Å²) in [4.78, 5) is 7.84. The number of hydrogen-bond donors (Lipinski definition) is 2. The van der Waals surface area contributed by atoms with Gasteiger partial charge in [0.2, 0.25) is 5.95 Å². The van der Waals surface area contributed by atoms with Gasteiger partial charge in [-0.25, -0.2) is 4.98 Å². The van der Waals surface area contributed by atoms with Crippen molar-refractivity contribution in [3.8, 4) is 0 Å². The largest absolute Gasteiger partial charge is 0.421 e. The van der Waals surface area contributed by atoms with Gasteiger partial charge in [0.15, 0.2) is 0 Å². The van der Waals surface area contributed by atoms with Gasteiger partial charge in [-0.1, -0.05) is 35.0 Å². The quantitative estimate of drug-likeness (QED) is 0.492. The van der Waals surface area contributed by atoms with Crippen LogP contribution < -0.4 is 10.6 Å². The fourth-order valence-corrected chi connectivity index (χ4v) is 2.63. The first-order chi connectivity index (χ1) is 12.8. The van der Waals surface area contributed by atoms with E-state index in [4.69, 9.17) is 0 Å². The minimum Gasteiger partial charge on any atom is -0.340 e. The normalized spacial score (nSPS) is 11.3. The van der Waals surface area contributed by atoms with E-state index in [1.165, 1.54) is 0 Å². The van der Waals surface area contributed by atoms with E-state index in [1.807, 2.05) is 31.2 Å². The number of alkyl halides is 3. The summed E-state index contributed by atoms with van der Waals surface area (Å²) in [5, 5.41) is 5.65. The number of benzene rings is 2. The standard InChI is InChI=1S/C19H16BrF3N4/c1-2-12-3-7-15(8-4-12)26-18-24-11-16(19(21,22)23)17(27-18)25-14-9-5-13(20)6-10-14/h3-11H,2H2,1H3,(H2,24,25,26,27). The lowest BCUT2D eigenvalue weighted by Crippen LogP contribution is -2.12. The molecule has 8 heteroatoms. The molecule has 0 unspecified atom stereocenters. The molecule has 0 spiro atoms. The highest BCUT2D eigenvalue weighted by molar-refractivity contribution is 9.10. The zero-order valence-electron chi connectivity index (χ0n) is 14.3. The van der Waals surface area contributed by atoms with E-state index in [1.54, 1.807) is 24.3 Å². The molecule has 140 valence electrons. The Labute approximate surface area is 163 Å². The van der Waals surface area contributed by atoms with E-state index in [9.17, 15) is 13.2 Å². The van der Waals surface area contributed by atoms with Crippen molar-refractivity contribution in [2.24, 2.45) is 0 Å². The predicted octanol–water partition coefficient (Wildman–Crippen LogP) is 6.31. The third kappa shape index (κ3) is 4.97. The van der Waals surface area contributed by atoms with Crippen LogP contribution in [0.2, 0.25) is 0 Å². The molecule has 0 saturated carbocycles. The maximum absolute atomic E-state index is 13.3. The van der Waals surface area contributed by atoms with Crippen molar-refractivity contribution >= 4 is 39.1 Å². The zero-order chi connectivity index (χ0) is 19.4. The van der Waals surface area contributed by atoms with Gasteiger partial charge in [-0.15, -0.1) is 0 Å². The third-order valence-corrected chi connectivity index (χ3v) is 4.35. The Bertz CT molecular complexity index is 910. The number of aromatic nitrogens is 2. The van der Waals surface area contributed by atoms with E-state index in [0.717, 1.165) is 22.7 Å². The Morgan fingerprint density at radius 2 is 1.52 bits per heavy atom. The molecule has 2 aromatic carbocycles. The summed E-state index contributed by atoms with van der Waals surface area (Å²) in [6.45, 7) is 2.04. The molecule has 27 heavy (non-hydrogen) atoms. The van der Waals surface area contributed by atoms with E-state index in [2.05, 4.69) is 36.5 Å². The van der Waals surface area contributed by atoms with Crippen molar-refractivity contribution in [2.75, 3.05) is 10.6 Å². The van der Waals surface area contributed by atoms with Crippen LogP contribution in [0.15, 0.2) is 59.2 Å². The second kappa shape index (κ2) is 7.96. The Morgan fingerprint density at radius 3 is 2.11 bits per heavy atom. The summed E-state index contributed by atoms with van der Waals surface area (Å²) >= 11 is 3.29. The average Bonchev–Trinajstić information content (AvgIpc) is 2.63. The molecule has 0 atom stereocenters. The molecular weight excluding hydrogens is 421 g/mol. The molecule has 0 fully saturated rings. The zero-order valence-corrected chi connectivity index (χ0v) is 15.9. The molecule has 0 aliphatic rings. The molecule has 2 N–H and O–H groups in total. The van der Waals surface area contributed by atoms with Crippen molar-refractivity contribution < 1.29 is 13.2 Å². The summed E-state index contributed by atoms with van der Waals surface area (Å²) in [6, 6.07) is 14.3. The summed E-state index contributed by atoms with van der Waals surface area (Å²) in [7, 11) is 0. The Hall–Kier alpha value is -2.61. The van der Waals surface area contributed by atoms with E-state index >= 15 is 0 Å². The number of nitrogens with zero attached hydrogens (tertiary/aromatic N) is 2. The van der Waals surface area contributed by atoms with Gasteiger partial charge in [0.25, 0.3) is 0 Å². The van der Waals surface area contributed by atoms with Crippen LogP contribution in [0.3, 0.4) is 0 Å². The minimum atomic E-state index is -4.57. The summed E-state index contributed by atoms with van der Waals surface area (Å²) < 4.78 is 40.8. The highest BCUT2D eigenvalue weighted by Gasteiger charge is 2.35. The number of rotatable bonds is 5. The molecule has 0 radical (unpaired) electrons. The maximum Gasteiger partial charge on any atom is 0.421 e. The average molecular weight is 437 g/mol. The van der Waals surface area contributed by atoms with Crippen molar-refractivity contribution in [1.29, 1.82) is 0 Å². The molecule has 1 heterocycles. The van der Waals surface area contributed by atoms with Crippen molar-refractivity contribution in [1.82, 2.24) is 9.97 Å². The van der Waals surface area contributed by atoms with Crippen molar-refractivity contribution in [2.45, 2.75) is 19.5 Å². The molecule has 4 nitrogen and oxygen atoms in total.